The highest BCUT2D eigenvalue weighted by Crippen LogP contribution is 2.35. The summed E-state index contributed by atoms with van der Waals surface area (Å²) >= 11 is 5.91. The van der Waals surface area contributed by atoms with Gasteiger partial charge in [0.1, 0.15) is 30.0 Å². The molecule has 2 heterocycles. The second-order valence-electron chi connectivity index (χ2n) is 3.57. The number of halogens is 1. The van der Waals surface area contributed by atoms with E-state index in [2.05, 4.69) is 4.98 Å². The molecule has 2 N–H and O–H groups in total. The van der Waals surface area contributed by atoms with Gasteiger partial charge in [-0.05, 0) is 4.92 Å². The van der Waals surface area contributed by atoms with E-state index in [0.717, 1.165) is 4.57 Å². The van der Waals surface area contributed by atoms with Crippen molar-refractivity contribution in [2.24, 2.45) is 0 Å². The van der Waals surface area contributed by atoms with Crippen molar-refractivity contribution in [2.45, 2.75) is 23.8 Å². The highest BCUT2D eigenvalue weighted by Gasteiger charge is 2.46. The lowest BCUT2D eigenvalue weighted by molar-refractivity contribution is -0.398. The predicted octanol–water partition coefficient (Wildman–Crippen LogP) is -0.351. The van der Waals surface area contributed by atoms with Gasteiger partial charge in [-0.3, -0.25) is 0 Å². The van der Waals surface area contributed by atoms with E-state index in [4.69, 9.17) is 21.4 Å². The van der Waals surface area contributed by atoms with Crippen molar-refractivity contribution < 1.29 is 19.9 Å². The van der Waals surface area contributed by atoms with Crippen LogP contribution in [-0.4, -0.2) is 48.9 Å². The molecule has 0 amide bonds. The summed E-state index contributed by atoms with van der Waals surface area (Å²) in [6.45, 7) is -0.413. The maximum absolute atomic E-state index is 10.7. The third kappa shape index (κ3) is 2.00. The second-order valence-corrected chi connectivity index (χ2v) is 4.08. The van der Waals surface area contributed by atoms with Crippen LogP contribution in [0.4, 0.5) is 5.95 Å². The average molecular weight is 264 g/mol. The first-order valence-electron chi connectivity index (χ1n) is 4.82. The zero-order valence-electron chi connectivity index (χ0n) is 8.51. The zero-order valence-corrected chi connectivity index (χ0v) is 9.27. The van der Waals surface area contributed by atoms with E-state index in [9.17, 15) is 15.2 Å². The van der Waals surface area contributed by atoms with Crippen LogP contribution in [0, 0.1) is 10.1 Å². The van der Waals surface area contributed by atoms with Gasteiger partial charge in [0, 0.05) is 0 Å². The molecule has 1 aliphatic heterocycles. The van der Waals surface area contributed by atoms with Crippen LogP contribution in [0.1, 0.15) is 6.23 Å². The molecule has 4 atom stereocenters. The number of ether oxygens (including phenoxy) is 1. The molecule has 0 aliphatic carbocycles. The van der Waals surface area contributed by atoms with Gasteiger partial charge in [0.15, 0.2) is 0 Å². The standard InChI is InChI=1S/C8H10ClN3O5/c9-5-6(14)4(3-13)17-7(5)11-2-1-10-8(11)12(15)16/h1-2,4-7,13-14H,3H2/t4-,5-,6-,7-/m1/s1. The fraction of sp³-hybridized carbons (Fsp3) is 0.625. The number of aliphatic hydroxyl groups excluding tert-OH is 2. The molecule has 0 bridgehead atoms. The Morgan fingerprint density at radius 2 is 2.41 bits per heavy atom. The van der Waals surface area contributed by atoms with E-state index in [1.807, 2.05) is 0 Å². The van der Waals surface area contributed by atoms with E-state index in [-0.39, 0.29) is 0 Å². The highest BCUT2D eigenvalue weighted by molar-refractivity contribution is 6.21. The molecule has 17 heavy (non-hydrogen) atoms. The normalized spacial score (nSPS) is 32.9. The average Bonchev–Trinajstić information content (AvgIpc) is 2.86. The summed E-state index contributed by atoms with van der Waals surface area (Å²) in [6.07, 6.45) is -0.293. The number of imidazole rings is 1. The summed E-state index contributed by atoms with van der Waals surface area (Å²) in [7, 11) is 0. The molecule has 0 aromatic carbocycles. The number of nitrogens with zero attached hydrogens (tertiary/aromatic N) is 3. The van der Waals surface area contributed by atoms with E-state index in [1.165, 1.54) is 12.4 Å². The first-order chi connectivity index (χ1) is 8.06. The van der Waals surface area contributed by atoms with Crippen LogP contribution in [0.15, 0.2) is 12.4 Å². The Hall–Kier alpha value is -1.22. The van der Waals surface area contributed by atoms with Crippen molar-refractivity contribution in [3.05, 3.63) is 22.5 Å². The minimum Gasteiger partial charge on any atom is -0.394 e. The Kier molecular flexibility index (Phi) is 3.29. The number of hydrogen-bond acceptors (Lipinski definition) is 6. The summed E-state index contributed by atoms with van der Waals surface area (Å²) < 4.78 is 6.38. The Balaban J connectivity index is 2.29. The number of nitro groups is 1. The minimum atomic E-state index is -1.09. The van der Waals surface area contributed by atoms with E-state index in [1.54, 1.807) is 0 Å². The molecule has 0 saturated carbocycles. The summed E-state index contributed by atoms with van der Waals surface area (Å²) in [5, 5.41) is 28.4. The monoisotopic (exact) mass is 263 g/mol. The molecule has 1 aliphatic rings. The molecule has 94 valence electrons. The van der Waals surface area contributed by atoms with Crippen molar-refractivity contribution in [1.82, 2.24) is 9.55 Å². The summed E-state index contributed by atoms with van der Waals surface area (Å²) in [6, 6.07) is 0. The molecule has 1 saturated heterocycles. The third-order valence-corrected chi connectivity index (χ3v) is 3.03. The van der Waals surface area contributed by atoms with E-state index < -0.39 is 41.3 Å². The molecule has 1 aromatic rings. The number of alkyl halides is 1. The van der Waals surface area contributed by atoms with Gasteiger partial charge in [0.2, 0.25) is 6.23 Å². The maximum atomic E-state index is 10.7. The van der Waals surface area contributed by atoms with Gasteiger partial charge in [0.25, 0.3) is 0 Å². The van der Waals surface area contributed by atoms with Crippen molar-refractivity contribution in [1.29, 1.82) is 0 Å². The smallest absolute Gasteiger partial charge is 0.394 e. The van der Waals surface area contributed by atoms with Gasteiger partial charge >= 0.3 is 5.95 Å². The predicted molar refractivity (Wildman–Crippen MR) is 55.5 cm³/mol. The van der Waals surface area contributed by atoms with Crippen LogP contribution in [0.3, 0.4) is 0 Å². The summed E-state index contributed by atoms with van der Waals surface area (Å²) in [5.41, 5.74) is 0. The van der Waals surface area contributed by atoms with Crippen LogP contribution in [-0.2, 0) is 4.74 Å². The number of aromatic nitrogens is 2. The molecule has 0 unspecified atom stereocenters. The zero-order chi connectivity index (χ0) is 12.6. The van der Waals surface area contributed by atoms with Crippen molar-refractivity contribution in [3.63, 3.8) is 0 Å². The summed E-state index contributed by atoms with van der Waals surface area (Å²) in [4.78, 5) is 13.6. The first kappa shape index (κ1) is 12.2. The Morgan fingerprint density at radius 1 is 1.71 bits per heavy atom. The van der Waals surface area contributed by atoms with Crippen LogP contribution in [0.5, 0.6) is 0 Å². The van der Waals surface area contributed by atoms with E-state index in [0.29, 0.717) is 0 Å². The number of aliphatic hydroxyl groups is 2. The molecule has 0 radical (unpaired) electrons. The summed E-state index contributed by atoms with van der Waals surface area (Å²) in [5.74, 6) is -0.425. The molecule has 1 fully saturated rings. The topological polar surface area (TPSA) is 111 Å². The largest absolute Gasteiger partial charge is 0.436 e. The van der Waals surface area contributed by atoms with Gasteiger partial charge in [-0.2, -0.15) is 0 Å². The first-order valence-corrected chi connectivity index (χ1v) is 5.25. The van der Waals surface area contributed by atoms with Gasteiger partial charge in [0.05, 0.1) is 6.61 Å². The number of rotatable bonds is 3. The van der Waals surface area contributed by atoms with Crippen molar-refractivity contribution in [2.75, 3.05) is 6.61 Å². The fourth-order valence-electron chi connectivity index (χ4n) is 1.72. The molecule has 8 nitrogen and oxygen atoms in total. The lowest BCUT2D eigenvalue weighted by atomic mass is 10.2. The van der Waals surface area contributed by atoms with Gasteiger partial charge < -0.3 is 25.1 Å². The van der Waals surface area contributed by atoms with Gasteiger partial charge in [-0.1, -0.05) is 4.98 Å². The van der Waals surface area contributed by atoms with Crippen LogP contribution < -0.4 is 0 Å². The number of hydrogen-bond donors (Lipinski definition) is 2. The van der Waals surface area contributed by atoms with Crippen molar-refractivity contribution >= 4 is 17.5 Å². The fourth-order valence-corrected chi connectivity index (χ4v) is 2.07. The van der Waals surface area contributed by atoms with Gasteiger partial charge in [-0.15, -0.1) is 11.6 Å². The molecule has 9 heteroatoms. The molecule has 0 spiro atoms. The minimum absolute atomic E-state index is 0.413. The lowest BCUT2D eigenvalue weighted by Gasteiger charge is -2.12. The SMILES string of the molecule is O=[N+]([O-])c1nccn1[C@@H]1O[C@H](CO)[C@@H](O)[C@H]1Cl. The molecule has 1 aromatic heterocycles. The van der Waals surface area contributed by atoms with Crippen LogP contribution in [0.25, 0.3) is 0 Å². The second kappa shape index (κ2) is 4.57. The third-order valence-electron chi connectivity index (χ3n) is 2.56. The van der Waals surface area contributed by atoms with Crippen LogP contribution >= 0.6 is 11.6 Å². The maximum Gasteiger partial charge on any atom is 0.436 e. The highest BCUT2D eigenvalue weighted by atomic mass is 35.5. The van der Waals surface area contributed by atoms with Gasteiger partial charge in [-0.25, -0.2) is 4.57 Å². The molecular formula is C8H10ClN3O5. The Labute approximate surface area is 101 Å². The quantitative estimate of drug-likeness (QED) is 0.438. The van der Waals surface area contributed by atoms with E-state index >= 15 is 0 Å². The molecule has 2 rings (SSSR count). The Bertz CT molecular complexity index is 425. The Morgan fingerprint density at radius 3 is 2.94 bits per heavy atom. The van der Waals surface area contributed by atoms with Crippen LogP contribution in [0.2, 0.25) is 0 Å². The van der Waals surface area contributed by atoms with Crippen molar-refractivity contribution in [3.8, 4) is 0 Å². The molecular weight excluding hydrogens is 254 g/mol. The lowest BCUT2D eigenvalue weighted by Crippen LogP contribution is -2.30.